The van der Waals surface area contributed by atoms with E-state index in [4.69, 9.17) is 0 Å². The number of hydrogen-bond donors (Lipinski definition) is 2. The van der Waals surface area contributed by atoms with Crippen LogP contribution in [-0.4, -0.2) is 48.6 Å². The van der Waals surface area contributed by atoms with Crippen molar-refractivity contribution in [1.29, 1.82) is 0 Å². The summed E-state index contributed by atoms with van der Waals surface area (Å²) in [6.07, 6.45) is 0.510. The van der Waals surface area contributed by atoms with Crippen LogP contribution in [0.25, 0.3) is 0 Å². The van der Waals surface area contributed by atoms with E-state index in [0.717, 1.165) is 16.8 Å². The molecule has 1 aliphatic heterocycles. The lowest BCUT2D eigenvalue weighted by Crippen LogP contribution is -2.55. The fourth-order valence-corrected chi connectivity index (χ4v) is 6.71. The molecule has 0 radical (unpaired) electrons. The summed E-state index contributed by atoms with van der Waals surface area (Å²) in [5, 5.41) is 22.4. The molecule has 0 saturated carbocycles. The molecule has 1 atom stereocenters. The van der Waals surface area contributed by atoms with Gasteiger partial charge in [-0.2, -0.15) is 4.31 Å². The molecule has 32 heavy (non-hydrogen) atoms. The number of rotatable bonds is 6. The van der Waals surface area contributed by atoms with Gasteiger partial charge >= 0.3 is 0 Å². The lowest BCUT2D eigenvalue weighted by Gasteiger charge is -2.42. The summed E-state index contributed by atoms with van der Waals surface area (Å²) >= 11 is 1.23. The van der Waals surface area contributed by atoms with Crippen molar-refractivity contribution in [1.82, 2.24) is 4.31 Å². The highest BCUT2D eigenvalue weighted by atomic mass is 32.2. The Labute approximate surface area is 193 Å². The van der Waals surface area contributed by atoms with Gasteiger partial charge in [0.25, 0.3) is 10.0 Å². The van der Waals surface area contributed by atoms with Gasteiger partial charge < -0.3 is 15.1 Å². The first kappa shape index (κ1) is 22.8. The second kappa shape index (κ2) is 8.86. The van der Waals surface area contributed by atoms with E-state index in [0.29, 0.717) is 30.3 Å². The molecule has 2 heterocycles. The molecule has 8 heteroatoms. The van der Waals surface area contributed by atoms with Crippen LogP contribution < -0.4 is 4.90 Å². The standard InChI is InChI=1S/C24H28N2O4S2/c1-24(2,28)19-9-11-20(12-10-19)26-14-13-25(32(29,30)23-8-5-15-31-23)17-21(26)16-18-6-3-4-7-22(18)27/h3-12,15,21,27-28H,13-14,16-17H2,1-2H3/t21-/m0/s1. The third-order valence-electron chi connectivity index (χ3n) is 5.89. The van der Waals surface area contributed by atoms with Crippen molar-refractivity contribution in [2.45, 2.75) is 36.1 Å². The number of nitrogens with zero attached hydrogens (tertiary/aromatic N) is 2. The minimum Gasteiger partial charge on any atom is -0.508 e. The maximum atomic E-state index is 13.2. The monoisotopic (exact) mass is 472 g/mol. The second-order valence-corrected chi connectivity index (χ2v) is 11.7. The molecule has 1 aromatic heterocycles. The van der Waals surface area contributed by atoms with Crippen LogP contribution in [0.15, 0.2) is 70.3 Å². The average molecular weight is 473 g/mol. The lowest BCUT2D eigenvalue weighted by atomic mass is 9.97. The zero-order valence-corrected chi connectivity index (χ0v) is 19.8. The van der Waals surface area contributed by atoms with Gasteiger partial charge in [0.05, 0.1) is 5.60 Å². The number of piperazine rings is 1. The van der Waals surface area contributed by atoms with Crippen molar-refractivity contribution < 1.29 is 18.6 Å². The zero-order valence-electron chi connectivity index (χ0n) is 18.2. The van der Waals surface area contributed by atoms with Gasteiger partial charge in [0, 0.05) is 31.4 Å². The van der Waals surface area contributed by atoms with Crippen LogP contribution in [-0.2, 0) is 22.0 Å². The topological polar surface area (TPSA) is 81.1 Å². The number of aromatic hydroxyl groups is 1. The van der Waals surface area contributed by atoms with Crippen molar-refractivity contribution in [2.75, 3.05) is 24.5 Å². The summed E-state index contributed by atoms with van der Waals surface area (Å²) in [6, 6.07) is 18.2. The highest BCUT2D eigenvalue weighted by Crippen LogP contribution is 2.31. The minimum atomic E-state index is -3.56. The number of thiophene rings is 1. The summed E-state index contributed by atoms with van der Waals surface area (Å²) in [5.74, 6) is 0.211. The fourth-order valence-electron chi connectivity index (χ4n) is 4.10. The molecule has 4 rings (SSSR count). The van der Waals surface area contributed by atoms with Gasteiger partial charge in [-0.3, -0.25) is 0 Å². The predicted molar refractivity (Wildman–Crippen MR) is 128 cm³/mol. The van der Waals surface area contributed by atoms with Crippen LogP contribution in [0.2, 0.25) is 0 Å². The molecule has 6 nitrogen and oxygen atoms in total. The van der Waals surface area contributed by atoms with Crippen molar-refractivity contribution in [3.8, 4) is 5.75 Å². The molecule has 170 valence electrons. The smallest absolute Gasteiger partial charge is 0.252 e. The first-order chi connectivity index (χ1) is 15.2. The molecule has 1 saturated heterocycles. The number of phenolic OH excluding ortho intramolecular Hbond substituents is 1. The normalized spacial score (nSPS) is 18.1. The molecule has 1 fully saturated rings. The summed E-state index contributed by atoms with van der Waals surface area (Å²) in [6.45, 7) is 4.73. The Morgan fingerprint density at radius 2 is 1.75 bits per heavy atom. The Morgan fingerprint density at radius 3 is 2.38 bits per heavy atom. The number of hydrogen-bond acceptors (Lipinski definition) is 6. The Bertz CT molecular complexity index is 1150. The largest absolute Gasteiger partial charge is 0.508 e. The maximum absolute atomic E-state index is 13.2. The predicted octanol–water partition coefficient (Wildman–Crippen LogP) is 3.80. The number of benzene rings is 2. The molecule has 2 N–H and O–H groups in total. The van der Waals surface area contributed by atoms with Crippen LogP contribution in [0, 0.1) is 0 Å². The zero-order chi connectivity index (χ0) is 22.9. The van der Waals surface area contributed by atoms with Crippen molar-refractivity contribution in [3.63, 3.8) is 0 Å². The summed E-state index contributed by atoms with van der Waals surface area (Å²) in [7, 11) is -3.56. The molecule has 1 aliphatic rings. The van der Waals surface area contributed by atoms with E-state index < -0.39 is 15.6 Å². The summed E-state index contributed by atoms with van der Waals surface area (Å²) in [5.41, 5.74) is 1.64. The van der Waals surface area contributed by atoms with E-state index in [-0.39, 0.29) is 11.8 Å². The lowest BCUT2D eigenvalue weighted by molar-refractivity contribution is 0.0786. The van der Waals surface area contributed by atoms with E-state index in [1.807, 2.05) is 36.4 Å². The molecule has 0 spiro atoms. The Hall–Kier alpha value is -2.39. The van der Waals surface area contributed by atoms with Gasteiger partial charge in [-0.25, -0.2) is 8.42 Å². The van der Waals surface area contributed by atoms with Gasteiger partial charge in [-0.05, 0) is 61.0 Å². The molecule has 3 aromatic rings. The Kier molecular flexibility index (Phi) is 6.31. The molecule has 2 aromatic carbocycles. The fraction of sp³-hybridized carbons (Fsp3) is 0.333. The molecular formula is C24H28N2O4S2. The molecule has 0 unspecified atom stereocenters. The summed E-state index contributed by atoms with van der Waals surface area (Å²) < 4.78 is 28.2. The Balaban J connectivity index is 1.64. The molecule has 0 aliphatic carbocycles. The molecule has 0 amide bonds. The van der Waals surface area contributed by atoms with E-state index in [1.54, 1.807) is 47.8 Å². The second-order valence-electron chi connectivity index (χ2n) is 8.58. The minimum absolute atomic E-state index is 0.153. The Morgan fingerprint density at radius 1 is 1.03 bits per heavy atom. The highest BCUT2D eigenvalue weighted by molar-refractivity contribution is 7.91. The maximum Gasteiger partial charge on any atom is 0.252 e. The SMILES string of the molecule is CC(C)(O)c1ccc(N2CCN(S(=O)(=O)c3cccs3)C[C@@H]2Cc2ccccc2O)cc1. The van der Waals surface area contributed by atoms with Gasteiger partial charge in [-0.15, -0.1) is 11.3 Å². The van der Waals surface area contributed by atoms with Crippen molar-refractivity contribution in [3.05, 3.63) is 77.2 Å². The number of aliphatic hydroxyl groups is 1. The number of sulfonamides is 1. The average Bonchev–Trinajstić information content (AvgIpc) is 3.31. The highest BCUT2D eigenvalue weighted by Gasteiger charge is 2.35. The van der Waals surface area contributed by atoms with Gasteiger partial charge in [-0.1, -0.05) is 36.4 Å². The third kappa shape index (κ3) is 4.68. The molecular weight excluding hydrogens is 444 g/mol. The van der Waals surface area contributed by atoms with Crippen LogP contribution in [0.3, 0.4) is 0 Å². The third-order valence-corrected chi connectivity index (χ3v) is 9.13. The first-order valence-electron chi connectivity index (χ1n) is 10.6. The van der Waals surface area contributed by atoms with Crippen LogP contribution >= 0.6 is 11.3 Å². The van der Waals surface area contributed by atoms with E-state index in [1.165, 1.54) is 11.3 Å². The van der Waals surface area contributed by atoms with E-state index in [2.05, 4.69) is 4.90 Å². The van der Waals surface area contributed by atoms with Crippen molar-refractivity contribution in [2.24, 2.45) is 0 Å². The van der Waals surface area contributed by atoms with Crippen molar-refractivity contribution >= 4 is 27.0 Å². The quantitative estimate of drug-likeness (QED) is 0.570. The van der Waals surface area contributed by atoms with E-state index >= 15 is 0 Å². The summed E-state index contributed by atoms with van der Waals surface area (Å²) in [4.78, 5) is 2.20. The van der Waals surface area contributed by atoms with Crippen LogP contribution in [0.5, 0.6) is 5.75 Å². The number of para-hydroxylation sites is 1. The first-order valence-corrected chi connectivity index (χ1v) is 12.9. The van der Waals surface area contributed by atoms with Gasteiger partial charge in [0.1, 0.15) is 9.96 Å². The number of phenols is 1. The van der Waals surface area contributed by atoms with Gasteiger partial charge in [0.2, 0.25) is 0 Å². The van der Waals surface area contributed by atoms with Crippen LogP contribution in [0.4, 0.5) is 5.69 Å². The van der Waals surface area contributed by atoms with Crippen LogP contribution in [0.1, 0.15) is 25.0 Å². The van der Waals surface area contributed by atoms with Gasteiger partial charge in [0.15, 0.2) is 0 Å². The number of anilines is 1. The molecule has 0 bridgehead atoms. The van der Waals surface area contributed by atoms with E-state index in [9.17, 15) is 18.6 Å².